The van der Waals surface area contributed by atoms with Crippen LogP contribution in [0.5, 0.6) is 0 Å². The summed E-state index contributed by atoms with van der Waals surface area (Å²) in [7, 11) is 0. The fourth-order valence-electron chi connectivity index (χ4n) is 4.10. The largest absolute Gasteiger partial charge is 0.350 e. The number of hydrogen-bond donors (Lipinski definition) is 0. The second kappa shape index (κ2) is 7.29. The second-order valence-corrected chi connectivity index (χ2v) is 7.79. The number of hydrogen-bond acceptors (Lipinski definition) is 5. The Kier molecular flexibility index (Phi) is 4.85. The molecule has 1 saturated heterocycles. The number of amides is 1. The van der Waals surface area contributed by atoms with Crippen LogP contribution in [0.4, 0.5) is 0 Å². The van der Waals surface area contributed by atoms with Crippen molar-refractivity contribution < 1.29 is 9.32 Å². The van der Waals surface area contributed by atoms with Gasteiger partial charge in [0.2, 0.25) is 5.76 Å². The maximum Gasteiger partial charge on any atom is 0.292 e. The van der Waals surface area contributed by atoms with Crippen LogP contribution in [0.3, 0.4) is 0 Å². The van der Waals surface area contributed by atoms with Crippen LogP contribution in [0.25, 0.3) is 0 Å². The molecule has 0 aromatic carbocycles. The molecule has 1 aliphatic carbocycles. The Morgan fingerprint density at radius 2 is 1.96 bits per heavy atom. The SMILES string of the molecule is Cc1ncn(CC2CCN(C(=O)c3onc4c3CCCC4)CC2)c(=O)c1C. The molecule has 1 fully saturated rings. The topological polar surface area (TPSA) is 81.2 Å². The molecule has 0 atom stereocenters. The normalized spacial score (nSPS) is 17.8. The van der Waals surface area contributed by atoms with Crippen molar-refractivity contribution in [2.24, 2.45) is 5.92 Å². The number of carbonyl (C=O) groups is 1. The molecule has 0 N–H and O–H groups in total. The van der Waals surface area contributed by atoms with Gasteiger partial charge in [-0.3, -0.25) is 14.2 Å². The number of piperidine rings is 1. The van der Waals surface area contributed by atoms with E-state index in [1.807, 2.05) is 18.7 Å². The third-order valence-electron chi connectivity index (χ3n) is 6.03. The molecule has 144 valence electrons. The fraction of sp³-hybridized carbons (Fsp3) is 0.600. The Hall–Kier alpha value is -2.44. The van der Waals surface area contributed by atoms with Gasteiger partial charge < -0.3 is 9.42 Å². The molecule has 0 radical (unpaired) electrons. The lowest BCUT2D eigenvalue weighted by atomic mass is 9.94. The second-order valence-electron chi connectivity index (χ2n) is 7.79. The molecular weight excluding hydrogens is 344 g/mol. The van der Waals surface area contributed by atoms with E-state index in [0.717, 1.165) is 55.5 Å². The minimum atomic E-state index is -0.0332. The van der Waals surface area contributed by atoms with Crippen molar-refractivity contribution in [3.63, 3.8) is 0 Å². The van der Waals surface area contributed by atoms with Crippen LogP contribution < -0.4 is 5.56 Å². The van der Waals surface area contributed by atoms with E-state index in [1.54, 1.807) is 10.9 Å². The summed E-state index contributed by atoms with van der Waals surface area (Å²) >= 11 is 0. The molecule has 0 saturated carbocycles. The maximum atomic E-state index is 12.9. The third-order valence-corrected chi connectivity index (χ3v) is 6.03. The van der Waals surface area contributed by atoms with Crippen LogP contribution in [-0.4, -0.2) is 38.6 Å². The lowest BCUT2D eigenvalue weighted by Gasteiger charge is -2.31. The van der Waals surface area contributed by atoms with Crippen LogP contribution in [0.2, 0.25) is 0 Å². The van der Waals surface area contributed by atoms with Gasteiger partial charge in [0.1, 0.15) is 0 Å². The molecule has 27 heavy (non-hydrogen) atoms. The first-order chi connectivity index (χ1) is 13.0. The predicted octanol–water partition coefficient (Wildman–Crippen LogP) is 2.28. The van der Waals surface area contributed by atoms with Crippen LogP contribution in [-0.2, 0) is 19.4 Å². The van der Waals surface area contributed by atoms with Crippen molar-refractivity contribution in [2.75, 3.05) is 13.1 Å². The predicted molar refractivity (Wildman–Crippen MR) is 99.7 cm³/mol. The average molecular weight is 370 g/mol. The summed E-state index contributed by atoms with van der Waals surface area (Å²) in [6.07, 6.45) is 7.40. The molecular formula is C20H26N4O3. The van der Waals surface area contributed by atoms with Gasteiger partial charge in [0.25, 0.3) is 11.5 Å². The summed E-state index contributed by atoms with van der Waals surface area (Å²) in [5, 5.41) is 4.10. The first kappa shape index (κ1) is 17.9. The number of fused-ring (bicyclic) bond motifs is 1. The van der Waals surface area contributed by atoms with Gasteiger partial charge >= 0.3 is 0 Å². The van der Waals surface area contributed by atoms with E-state index in [-0.39, 0.29) is 11.5 Å². The van der Waals surface area contributed by atoms with Crippen molar-refractivity contribution in [1.82, 2.24) is 19.6 Å². The Morgan fingerprint density at radius 3 is 2.74 bits per heavy atom. The van der Waals surface area contributed by atoms with Crippen LogP contribution in [0.15, 0.2) is 15.6 Å². The van der Waals surface area contributed by atoms with E-state index < -0.39 is 0 Å². The van der Waals surface area contributed by atoms with Crippen LogP contribution in [0.1, 0.15) is 58.8 Å². The zero-order valence-electron chi connectivity index (χ0n) is 16.0. The molecule has 7 nitrogen and oxygen atoms in total. The van der Waals surface area contributed by atoms with Crippen molar-refractivity contribution in [2.45, 2.75) is 58.9 Å². The molecule has 1 amide bonds. The highest BCUT2D eigenvalue weighted by molar-refractivity contribution is 5.93. The molecule has 2 aromatic rings. The average Bonchev–Trinajstić information content (AvgIpc) is 3.12. The molecule has 1 aliphatic heterocycles. The monoisotopic (exact) mass is 370 g/mol. The highest BCUT2D eigenvalue weighted by Gasteiger charge is 2.30. The van der Waals surface area contributed by atoms with E-state index in [2.05, 4.69) is 10.1 Å². The molecule has 3 heterocycles. The number of aromatic nitrogens is 3. The number of rotatable bonds is 3. The summed E-state index contributed by atoms with van der Waals surface area (Å²) in [5.41, 5.74) is 3.50. The lowest BCUT2D eigenvalue weighted by molar-refractivity contribution is 0.0639. The van der Waals surface area contributed by atoms with Gasteiger partial charge in [-0.25, -0.2) is 4.98 Å². The van der Waals surface area contributed by atoms with Crippen molar-refractivity contribution in [1.29, 1.82) is 0 Å². The third kappa shape index (κ3) is 3.42. The number of carbonyl (C=O) groups excluding carboxylic acids is 1. The standard InChI is InChI=1S/C20H26N4O3/c1-13-14(2)21-12-24(19(13)25)11-15-7-9-23(10-8-15)20(26)18-16-5-3-4-6-17(16)22-27-18/h12,15H,3-11H2,1-2H3. The first-order valence-electron chi connectivity index (χ1n) is 9.84. The molecule has 0 spiro atoms. The Bertz CT molecular complexity index is 906. The molecule has 0 unspecified atom stereocenters. The van der Waals surface area contributed by atoms with Gasteiger partial charge in [0, 0.05) is 36.5 Å². The molecule has 0 bridgehead atoms. The number of likely N-dealkylation sites (tertiary alicyclic amines) is 1. The summed E-state index contributed by atoms with van der Waals surface area (Å²) in [4.78, 5) is 31.4. The number of nitrogens with zero attached hydrogens (tertiary/aromatic N) is 4. The van der Waals surface area contributed by atoms with Gasteiger partial charge in [-0.1, -0.05) is 5.16 Å². The minimum Gasteiger partial charge on any atom is -0.350 e. The Morgan fingerprint density at radius 1 is 1.22 bits per heavy atom. The molecule has 4 rings (SSSR count). The minimum absolute atomic E-state index is 0.0332. The lowest BCUT2D eigenvalue weighted by Crippen LogP contribution is -2.40. The highest BCUT2D eigenvalue weighted by atomic mass is 16.5. The molecule has 7 heteroatoms. The van der Waals surface area contributed by atoms with Crippen LogP contribution in [0, 0.1) is 19.8 Å². The van der Waals surface area contributed by atoms with E-state index in [0.29, 0.717) is 36.9 Å². The van der Waals surface area contributed by atoms with E-state index in [9.17, 15) is 9.59 Å². The first-order valence-corrected chi connectivity index (χ1v) is 9.84. The quantitative estimate of drug-likeness (QED) is 0.828. The summed E-state index contributed by atoms with van der Waals surface area (Å²) < 4.78 is 7.11. The smallest absolute Gasteiger partial charge is 0.292 e. The van der Waals surface area contributed by atoms with E-state index >= 15 is 0 Å². The van der Waals surface area contributed by atoms with Crippen LogP contribution >= 0.6 is 0 Å². The summed E-state index contributed by atoms with van der Waals surface area (Å²) in [5.74, 6) is 0.783. The van der Waals surface area contributed by atoms with E-state index in [4.69, 9.17) is 4.52 Å². The van der Waals surface area contributed by atoms with E-state index in [1.165, 1.54) is 0 Å². The van der Waals surface area contributed by atoms with Gasteiger partial charge in [-0.05, 0) is 58.3 Å². The zero-order valence-corrected chi connectivity index (χ0v) is 16.0. The maximum absolute atomic E-state index is 12.9. The van der Waals surface area contributed by atoms with Gasteiger partial charge in [-0.2, -0.15) is 0 Å². The van der Waals surface area contributed by atoms with Gasteiger partial charge in [0.05, 0.1) is 12.0 Å². The van der Waals surface area contributed by atoms with Crippen molar-refractivity contribution >= 4 is 5.91 Å². The van der Waals surface area contributed by atoms with Crippen molar-refractivity contribution in [3.8, 4) is 0 Å². The summed E-state index contributed by atoms with van der Waals surface area (Å²) in [6, 6.07) is 0. The van der Waals surface area contributed by atoms with Gasteiger partial charge in [0.15, 0.2) is 0 Å². The zero-order chi connectivity index (χ0) is 19.0. The molecule has 2 aliphatic rings. The van der Waals surface area contributed by atoms with Crippen molar-refractivity contribution in [3.05, 3.63) is 45.0 Å². The molecule has 2 aromatic heterocycles. The Labute approximate surface area is 158 Å². The Balaban J connectivity index is 1.39. The highest BCUT2D eigenvalue weighted by Crippen LogP contribution is 2.27. The number of aryl methyl sites for hydroxylation is 2. The van der Waals surface area contributed by atoms with Gasteiger partial charge in [-0.15, -0.1) is 0 Å². The fourth-order valence-corrected chi connectivity index (χ4v) is 4.10. The summed E-state index contributed by atoms with van der Waals surface area (Å²) in [6.45, 7) is 5.71.